The Morgan fingerprint density at radius 1 is 1.23 bits per heavy atom. The maximum atomic E-state index is 12.8. The quantitative estimate of drug-likeness (QED) is 0.582. The van der Waals surface area contributed by atoms with Gasteiger partial charge in [-0.15, -0.1) is 0 Å². The molecule has 0 radical (unpaired) electrons. The summed E-state index contributed by atoms with van der Waals surface area (Å²) in [5.74, 6) is -1.57. The van der Waals surface area contributed by atoms with E-state index in [2.05, 4.69) is 4.99 Å². The average Bonchev–Trinajstić information content (AvgIpc) is 2.09. The fourth-order valence-electron chi connectivity index (χ4n) is 1.56. The maximum absolute atomic E-state index is 12.8. The molecule has 13 heavy (non-hydrogen) atoms. The fourth-order valence-corrected chi connectivity index (χ4v) is 1.56. The molecule has 0 N–H and O–H groups in total. The third-order valence-electron chi connectivity index (χ3n) is 2.27. The molecule has 1 nitrogen and oxygen atoms in total. The molecule has 0 spiro atoms. The summed E-state index contributed by atoms with van der Waals surface area (Å²) in [7, 11) is 0. The lowest BCUT2D eigenvalue weighted by molar-refractivity contribution is 0.506. The number of aliphatic imine (C=N–C) groups is 1. The van der Waals surface area contributed by atoms with Crippen LogP contribution in [-0.2, 0) is 6.42 Å². The van der Waals surface area contributed by atoms with Crippen LogP contribution in [0.5, 0.6) is 0 Å². The predicted octanol–water partition coefficient (Wildman–Crippen LogP) is 2.33. The van der Waals surface area contributed by atoms with Crippen molar-refractivity contribution in [1.82, 2.24) is 0 Å². The van der Waals surface area contributed by atoms with E-state index in [9.17, 15) is 8.78 Å². The Labute approximate surface area is 75.1 Å². The van der Waals surface area contributed by atoms with E-state index in [4.69, 9.17) is 0 Å². The van der Waals surface area contributed by atoms with Crippen LogP contribution >= 0.6 is 0 Å². The Morgan fingerprint density at radius 3 is 2.69 bits per heavy atom. The van der Waals surface area contributed by atoms with Crippen molar-refractivity contribution in [2.45, 2.75) is 13.3 Å². The predicted molar refractivity (Wildman–Crippen MR) is 47.1 cm³/mol. The molecule has 0 unspecified atom stereocenters. The topological polar surface area (TPSA) is 12.4 Å². The van der Waals surface area contributed by atoms with E-state index in [1.165, 1.54) is 12.1 Å². The van der Waals surface area contributed by atoms with Crippen LogP contribution in [-0.4, -0.2) is 12.3 Å². The molecule has 0 aromatic heterocycles. The van der Waals surface area contributed by atoms with Gasteiger partial charge < -0.3 is 0 Å². The highest BCUT2D eigenvalue weighted by atomic mass is 19.2. The van der Waals surface area contributed by atoms with Crippen molar-refractivity contribution >= 4 is 5.71 Å². The summed E-state index contributed by atoms with van der Waals surface area (Å²) in [5, 5.41) is 0. The molecule has 1 heterocycles. The fraction of sp³-hybridized carbons (Fsp3) is 0.300. The molecule has 1 aromatic carbocycles. The summed E-state index contributed by atoms with van der Waals surface area (Å²) in [5.41, 5.74) is 2.39. The van der Waals surface area contributed by atoms with Crippen molar-refractivity contribution in [2.75, 3.05) is 6.54 Å². The SMILES string of the molecule is CC1=NCCc2cc(F)c(F)cc21. The lowest BCUT2D eigenvalue weighted by atomic mass is 9.98. The minimum absolute atomic E-state index is 0.671. The second-order valence-electron chi connectivity index (χ2n) is 3.14. The van der Waals surface area contributed by atoms with Gasteiger partial charge in [-0.3, -0.25) is 4.99 Å². The van der Waals surface area contributed by atoms with Gasteiger partial charge in [0.2, 0.25) is 0 Å². The second-order valence-corrected chi connectivity index (χ2v) is 3.14. The van der Waals surface area contributed by atoms with Crippen LogP contribution in [0.3, 0.4) is 0 Å². The average molecular weight is 181 g/mol. The third kappa shape index (κ3) is 1.34. The molecule has 0 fully saturated rings. The molecule has 0 amide bonds. The molecule has 3 heteroatoms. The van der Waals surface area contributed by atoms with E-state index in [1.807, 2.05) is 6.92 Å². The van der Waals surface area contributed by atoms with E-state index >= 15 is 0 Å². The number of benzene rings is 1. The van der Waals surface area contributed by atoms with Crippen LogP contribution in [0.1, 0.15) is 18.1 Å². The molecular formula is C10H9F2N. The summed E-state index contributed by atoms with van der Waals surface area (Å²) in [6, 6.07) is 2.49. The first kappa shape index (κ1) is 8.35. The van der Waals surface area contributed by atoms with E-state index in [1.54, 1.807) is 0 Å². The molecule has 1 aliphatic rings. The minimum Gasteiger partial charge on any atom is -0.289 e. The number of hydrogen-bond donors (Lipinski definition) is 0. The highest BCUT2D eigenvalue weighted by Crippen LogP contribution is 2.19. The number of nitrogens with zero attached hydrogens (tertiary/aromatic N) is 1. The third-order valence-corrected chi connectivity index (χ3v) is 2.27. The van der Waals surface area contributed by atoms with Crippen molar-refractivity contribution in [3.8, 4) is 0 Å². The van der Waals surface area contributed by atoms with Crippen molar-refractivity contribution in [1.29, 1.82) is 0 Å². The molecule has 0 atom stereocenters. The van der Waals surface area contributed by atoms with Gasteiger partial charge in [0.1, 0.15) is 0 Å². The van der Waals surface area contributed by atoms with Gasteiger partial charge in [-0.2, -0.15) is 0 Å². The lowest BCUT2D eigenvalue weighted by Crippen LogP contribution is -2.11. The van der Waals surface area contributed by atoms with Crippen molar-refractivity contribution in [3.63, 3.8) is 0 Å². The Balaban J connectivity index is 2.61. The lowest BCUT2D eigenvalue weighted by Gasteiger charge is -2.14. The standard InChI is InChI=1S/C10H9F2N/c1-6-8-5-10(12)9(11)4-7(8)2-3-13-6/h4-5H,2-3H2,1H3. The van der Waals surface area contributed by atoms with Gasteiger partial charge in [0, 0.05) is 17.8 Å². The Morgan fingerprint density at radius 2 is 1.92 bits per heavy atom. The Hall–Kier alpha value is -1.25. The van der Waals surface area contributed by atoms with Crippen LogP contribution in [0.25, 0.3) is 0 Å². The molecule has 1 aliphatic heterocycles. The Bertz CT molecular complexity index is 383. The summed E-state index contributed by atoms with van der Waals surface area (Å²) in [6.45, 7) is 2.49. The van der Waals surface area contributed by atoms with Crippen molar-refractivity contribution < 1.29 is 8.78 Å². The van der Waals surface area contributed by atoms with Crippen LogP contribution in [0.15, 0.2) is 17.1 Å². The molecule has 2 rings (SSSR count). The van der Waals surface area contributed by atoms with E-state index in [-0.39, 0.29) is 0 Å². The van der Waals surface area contributed by atoms with Gasteiger partial charge in [0.15, 0.2) is 11.6 Å². The molecule has 0 saturated heterocycles. The maximum Gasteiger partial charge on any atom is 0.159 e. The summed E-state index contributed by atoms with van der Waals surface area (Å²) in [6.07, 6.45) is 0.698. The van der Waals surface area contributed by atoms with E-state index in [0.29, 0.717) is 13.0 Å². The molecule has 0 aliphatic carbocycles. The van der Waals surface area contributed by atoms with Crippen molar-refractivity contribution in [3.05, 3.63) is 34.9 Å². The van der Waals surface area contributed by atoms with Gasteiger partial charge in [-0.1, -0.05) is 0 Å². The van der Waals surface area contributed by atoms with Crippen LogP contribution in [0, 0.1) is 11.6 Å². The van der Waals surface area contributed by atoms with Crippen molar-refractivity contribution in [2.24, 2.45) is 4.99 Å². The molecule has 0 saturated carbocycles. The first-order valence-corrected chi connectivity index (χ1v) is 4.18. The molecule has 0 bridgehead atoms. The van der Waals surface area contributed by atoms with E-state index in [0.717, 1.165) is 16.8 Å². The summed E-state index contributed by atoms with van der Waals surface area (Å²) in [4.78, 5) is 4.17. The van der Waals surface area contributed by atoms with Crippen LogP contribution in [0.4, 0.5) is 8.78 Å². The van der Waals surface area contributed by atoms with E-state index < -0.39 is 11.6 Å². The number of halogens is 2. The van der Waals surface area contributed by atoms with Gasteiger partial charge in [0.25, 0.3) is 0 Å². The zero-order valence-corrected chi connectivity index (χ0v) is 7.27. The van der Waals surface area contributed by atoms with Crippen LogP contribution in [0.2, 0.25) is 0 Å². The Kier molecular flexibility index (Phi) is 1.87. The summed E-state index contributed by atoms with van der Waals surface area (Å²) < 4.78 is 25.7. The normalized spacial score (nSPS) is 15.2. The highest BCUT2D eigenvalue weighted by molar-refractivity contribution is 6.00. The van der Waals surface area contributed by atoms with Gasteiger partial charge >= 0.3 is 0 Å². The first-order chi connectivity index (χ1) is 6.18. The van der Waals surface area contributed by atoms with Gasteiger partial charge in [-0.25, -0.2) is 8.78 Å². The second kappa shape index (κ2) is 2.91. The number of rotatable bonds is 0. The first-order valence-electron chi connectivity index (χ1n) is 4.18. The van der Waals surface area contributed by atoms with Gasteiger partial charge in [0.05, 0.1) is 0 Å². The molecule has 68 valence electrons. The molecule has 1 aromatic rings. The number of hydrogen-bond acceptors (Lipinski definition) is 1. The highest BCUT2D eigenvalue weighted by Gasteiger charge is 2.14. The largest absolute Gasteiger partial charge is 0.289 e. The zero-order valence-electron chi connectivity index (χ0n) is 7.27. The minimum atomic E-state index is -0.796. The monoisotopic (exact) mass is 181 g/mol. The number of fused-ring (bicyclic) bond motifs is 1. The summed E-state index contributed by atoms with van der Waals surface area (Å²) >= 11 is 0. The smallest absolute Gasteiger partial charge is 0.159 e. The molecular weight excluding hydrogens is 172 g/mol. The van der Waals surface area contributed by atoms with Crippen LogP contribution < -0.4 is 0 Å². The zero-order chi connectivity index (χ0) is 9.42. The van der Waals surface area contributed by atoms with Gasteiger partial charge in [-0.05, 0) is 31.0 Å².